The summed E-state index contributed by atoms with van der Waals surface area (Å²) in [5.74, 6) is -0.0376. The third-order valence-corrected chi connectivity index (χ3v) is 7.59. The Hall–Kier alpha value is -3.02. The second-order valence-corrected chi connectivity index (χ2v) is 11.5. The van der Waals surface area contributed by atoms with Gasteiger partial charge in [-0.3, -0.25) is 15.2 Å². The molecule has 0 aromatic heterocycles. The molecule has 220 valence electrons. The van der Waals surface area contributed by atoms with Gasteiger partial charge in [-0.25, -0.2) is 0 Å². The smallest absolute Gasteiger partial charge is 0.418 e. The third kappa shape index (κ3) is 7.58. The number of carbonyl (C=O) groups is 1. The molecule has 0 bridgehead atoms. The predicted molar refractivity (Wildman–Crippen MR) is 144 cm³/mol. The summed E-state index contributed by atoms with van der Waals surface area (Å²) in [6.07, 6.45) is -2.80. The Morgan fingerprint density at radius 2 is 1.52 bits per heavy atom. The lowest BCUT2D eigenvalue weighted by atomic mass is 9.87. The molecule has 8 nitrogen and oxygen atoms in total. The van der Waals surface area contributed by atoms with Crippen LogP contribution in [0.25, 0.3) is 0 Å². The number of nitrogens with zero attached hydrogens (tertiary/aromatic N) is 3. The normalized spacial score (nSPS) is 20.4. The van der Waals surface area contributed by atoms with Crippen molar-refractivity contribution in [2.75, 3.05) is 42.9 Å². The summed E-state index contributed by atoms with van der Waals surface area (Å²) in [5, 5.41) is 17.6. The lowest BCUT2D eigenvalue weighted by Crippen LogP contribution is -2.50. The number of ether oxygens (including phenoxy) is 2. The molecule has 0 atom stereocenters. The van der Waals surface area contributed by atoms with Crippen LogP contribution < -0.4 is 14.9 Å². The molecule has 11 heteroatoms. The fourth-order valence-corrected chi connectivity index (χ4v) is 5.17. The Labute approximate surface area is 232 Å². The van der Waals surface area contributed by atoms with E-state index in [9.17, 15) is 18.0 Å². The van der Waals surface area contributed by atoms with E-state index in [0.29, 0.717) is 38.8 Å². The van der Waals surface area contributed by atoms with Gasteiger partial charge in [-0.2, -0.15) is 13.2 Å². The second kappa shape index (κ2) is 12.2. The van der Waals surface area contributed by atoms with Gasteiger partial charge in [0.1, 0.15) is 18.0 Å². The lowest BCUT2D eigenvalue weighted by Gasteiger charge is -2.36. The second-order valence-electron chi connectivity index (χ2n) is 11.5. The van der Waals surface area contributed by atoms with Gasteiger partial charge in [-0.1, -0.05) is 32.9 Å². The van der Waals surface area contributed by atoms with E-state index in [1.54, 1.807) is 0 Å². The van der Waals surface area contributed by atoms with Gasteiger partial charge in [0.2, 0.25) is 5.91 Å². The van der Waals surface area contributed by atoms with Crippen LogP contribution in [0.2, 0.25) is 0 Å². The number of alkyl halides is 3. The van der Waals surface area contributed by atoms with E-state index in [-0.39, 0.29) is 35.9 Å². The Bertz CT molecular complexity index is 1140. The van der Waals surface area contributed by atoms with Crippen molar-refractivity contribution >= 4 is 17.3 Å². The van der Waals surface area contributed by atoms with Gasteiger partial charge in [0.05, 0.1) is 17.8 Å². The Morgan fingerprint density at radius 3 is 2.08 bits per heavy atom. The average Bonchev–Trinajstić information content (AvgIpc) is 2.91. The number of hydrogen-bond donors (Lipinski definition) is 2. The third-order valence-electron chi connectivity index (χ3n) is 7.59. The fraction of sp³-hybridized carbons (Fsp3) is 0.552. The van der Waals surface area contributed by atoms with Gasteiger partial charge in [-0.05, 0) is 67.0 Å². The number of halogens is 3. The molecule has 40 heavy (non-hydrogen) atoms. The maximum atomic E-state index is 13.3. The first kappa shape index (κ1) is 30.0. The van der Waals surface area contributed by atoms with Gasteiger partial charge >= 0.3 is 6.18 Å². The Balaban J connectivity index is 1.19. The van der Waals surface area contributed by atoms with Crippen molar-refractivity contribution in [3.63, 3.8) is 0 Å². The minimum atomic E-state index is -4.78. The van der Waals surface area contributed by atoms with E-state index in [1.807, 2.05) is 4.90 Å². The first-order valence-corrected chi connectivity index (χ1v) is 13.6. The van der Waals surface area contributed by atoms with Crippen molar-refractivity contribution in [1.82, 2.24) is 4.90 Å². The summed E-state index contributed by atoms with van der Waals surface area (Å²) in [6.45, 7) is 9.36. The summed E-state index contributed by atoms with van der Waals surface area (Å²) in [6, 6.07) is 11.6. The van der Waals surface area contributed by atoms with E-state index < -0.39 is 22.7 Å². The first-order chi connectivity index (χ1) is 18.8. The zero-order valence-corrected chi connectivity index (χ0v) is 23.2. The molecule has 1 aliphatic heterocycles. The predicted octanol–water partition coefficient (Wildman–Crippen LogP) is 5.64. The van der Waals surface area contributed by atoms with Crippen LogP contribution in [-0.4, -0.2) is 66.2 Å². The highest BCUT2D eigenvalue weighted by Crippen LogP contribution is 2.39. The van der Waals surface area contributed by atoms with Crippen molar-refractivity contribution in [3.8, 4) is 5.75 Å². The molecule has 0 radical (unpaired) electrons. The number of carbonyl (C=O) groups excluding carboxylic acids is 1. The van der Waals surface area contributed by atoms with E-state index in [4.69, 9.17) is 19.9 Å². The number of benzene rings is 2. The van der Waals surface area contributed by atoms with Crippen molar-refractivity contribution in [2.45, 2.75) is 70.3 Å². The summed E-state index contributed by atoms with van der Waals surface area (Å²) in [4.78, 5) is 16.9. The van der Waals surface area contributed by atoms with Gasteiger partial charge < -0.3 is 19.3 Å². The number of anilines is 2. The first-order valence-electron chi connectivity index (χ1n) is 13.6. The average molecular weight is 566 g/mol. The van der Waals surface area contributed by atoms with Crippen LogP contribution in [0.4, 0.5) is 24.5 Å². The maximum Gasteiger partial charge on any atom is 0.418 e. The van der Waals surface area contributed by atoms with Crippen LogP contribution in [0.15, 0.2) is 42.5 Å². The molecule has 2 aliphatic rings. The molecule has 0 unspecified atom stereocenters. The molecule has 1 aliphatic carbocycles. The molecule has 2 aromatic carbocycles. The van der Waals surface area contributed by atoms with Gasteiger partial charge in [0, 0.05) is 31.9 Å². The molecular weight excluding hydrogens is 527 g/mol. The highest BCUT2D eigenvalue weighted by Gasteiger charge is 2.36. The lowest BCUT2D eigenvalue weighted by molar-refractivity contribution is -0.140. The van der Waals surface area contributed by atoms with Crippen LogP contribution in [-0.2, 0) is 21.1 Å². The highest BCUT2D eigenvalue weighted by molar-refractivity contribution is 5.77. The van der Waals surface area contributed by atoms with Crippen molar-refractivity contribution in [1.29, 1.82) is 0 Å². The molecule has 2 aromatic rings. The molecular formula is C29H38F3N3O5. The van der Waals surface area contributed by atoms with E-state index >= 15 is 0 Å². The molecule has 4 rings (SSSR count). The number of amides is 1. The van der Waals surface area contributed by atoms with Crippen molar-refractivity contribution in [2.24, 2.45) is 0 Å². The Morgan fingerprint density at radius 1 is 0.925 bits per heavy atom. The highest BCUT2D eigenvalue weighted by atomic mass is 19.4. The van der Waals surface area contributed by atoms with Crippen molar-refractivity contribution in [3.05, 3.63) is 53.6 Å². The molecule has 0 spiro atoms. The zero-order valence-electron chi connectivity index (χ0n) is 23.2. The molecule has 2 fully saturated rings. The van der Waals surface area contributed by atoms with Crippen LogP contribution in [0.5, 0.6) is 5.75 Å². The summed E-state index contributed by atoms with van der Waals surface area (Å²) in [7, 11) is 0. The van der Waals surface area contributed by atoms with E-state index in [2.05, 4.69) is 49.9 Å². The summed E-state index contributed by atoms with van der Waals surface area (Å²) < 4.78 is 51.5. The number of hydrogen-bond acceptors (Lipinski definition) is 7. The van der Waals surface area contributed by atoms with Crippen LogP contribution in [0.1, 0.15) is 57.6 Å². The minimum absolute atomic E-state index is 0.00163. The molecule has 1 heterocycles. The molecule has 1 saturated heterocycles. The topological polar surface area (TPSA) is 85.7 Å². The van der Waals surface area contributed by atoms with Gasteiger partial charge in [0.25, 0.3) is 0 Å². The number of piperazine rings is 1. The van der Waals surface area contributed by atoms with Gasteiger partial charge in [0.15, 0.2) is 0 Å². The largest absolute Gasteiger partial charge is 0.490 e. The van der Waals surface area contributed by atoms with Crippen LogP contribution in [0.3, 0.4) is 0 Å². The fourth-order valence-electron chi connectivity index (χ4n) is 5.17. The molecule has 1 saturated carbocycles. The van der Waals surface area contributed by atoms with E-state index in [0.717, 1.165) is 30.9 Å². The zero-order chi connectivity index (χ0) is 29.1. The summed E-state index contributed by atoms with van der Waals surface area (Å²) in [5.41, 5.74) is 0.564. The summed E-state index contributed by atoms with van der Waals surface area (Å²) >= 11 is 0. The van der Waals surface area contributed by atoms with Crippen LogP contribution in [0, 0.1) is 0 Å². The molecule has 1 amide bonds. The van der Waals surface area contributed by atoms with Crippen LogP contribution >= 0.6 is 0 Å². The van der Waals surface area contributed by atoms with Gasteiger partial charge in [-0.15, -0.1) is 5.23 Å². The quantitative estimate of drug-likeness (QED) is 0.420. The van der Waals surface area contributed by atoms with Crippen molar-refractivity contribution < 1.29 is 37.9 Å². The maximum absolute atomic E-state index is 13.3. The monoisotopic (exact) mass is 565 g/mol. The Kier molecular flexibility index (Phi) is 9.16. The van der Waals surface area contributed by atoms with E-state index in [1.165, 1.54) is 11.6 Å². The molecule has 2 N–H and O–H groups in total. The number of rotatable bonds is 7. The minimum Gasteiger partial charge on any atom is -0.490 e. The standard InChI is InChI=1S/C29H38F3N3O5/c1-28(2,3)20-4-6-21(7-5-20)33-14-16-34(17-15-33)27(36)19-39-22-8-10-23(11-9-22)40-24-12-13-26(35(37)38)25(18-24)29(30,31)32/h4-7,12-13,18,22-23,37-38H,8-11,14-17,19H2,1-3H3. The SMILES string of the molecule is CC(C)(C)c1ccc(N2CCN(C(=O)COC3CCC(Oc4ccc(N(O)O)c(C(F)(F)F)c4)CC3)CC2)cc1.